The van der Waals surface area contributed by atoms with Crippen molar-refractivity contribution in [2.45, 2.75) is 71.1 Å². The lowest BCUT2D eigenvalue weighted by Crippen LogP contribution is -2.32. The van der Waals surface area contributed by atoms with Crippen LogP contribution in [0.4, 0.5) is 0 Å². The van der Waals surface area contributed by atoms with Gasteiger partial charge in [-0.3, -0.25) is 0 Å². The molecule has 1 aliphatic rings. The van der Waals surface area contributed by atoms with Crippen LogP contribution in [0.1, 0.15) is 77.8 Å². The van der Waals surface area contributed by atoms with E-state index < -0.39 is 5.41 Å². The van der Waals surface area contributed by atoms with Gasteiger partial charge in [-0.1, -0.05) is 31.1 Å². The summed E-state index contributed by atoms with van der Waals surface area (Å²) in [5.41, 5.74) is -0.153. The molecule has 0 saturated heterocycles. The Bertz CT molecular complexity index is 633. The number of hydrogen-bond donors (Lipinski definition) is 1. The topological polar surface area (TPSA) is 93.4 Å². The second-order valence-corrected chi connectivity index (χ2v) is 8.01. The van der Waals surface area contributed by atoms with Crippen LogP contribution in [0.3, 0.4) is 0 Å². The van der Waals surface area contributed by atoms with Crippen LogP contribution in [-0.2, 0) is 10.8 Å². The molecule has 7 nitrogen and oxygen atoms in total. The molecule has 0 aromatic carbocycles. The van der Waals surface area contributed by atoms with Gasteiger partial charge in [-0.25, -0.2) is 0 Å². The van der Waals surface area contributed by atoms with Crippen molar-refractivity contribution in [2.24, 2.45) is 5.41 Å². The number of H-pyrrole nitrogens is 1. The highest BCUT2D eigenvalue weighted by Gasteiger charge is 2.42. The average Bonchev–Trinajstić information content (AvgIpc) is 3.12. The highest BCUT2D eigenvalue weighted by atomic mass is 16.5. The SMILES string of the molecule is CC1(C)CCC(C)(c2nc(C(C)(C)c3nn[nH]n3)no2)CC1. The Labute approximate surface area is 130 Å². The number of nitrogens with zero attached hydrogens (tertiary/aromatic N) is 5. The van der Waals surface area contributed by atoms with Gasteiger partial charge in [0, 0.05) is 5.41 Å². The highest BCUT2D eigenvalue weighted by Crippen LogP contribution is 2.46. The summed E-state index contributed by atoms with van der Waals surface area (Å²) in [7, 11) is 0. The minimum absolute atomic E-state index is 0.0336. The van der Waals surface area contributed by atoms with E-state index >= 15 is 0 Å². The van der Waals surface area contributed by atoms with Gasteiger partial charge in [0.1, 0.15) is 0 Å². The van der Waals surface area contributed by atoms with Crippen LogP contribution in [0.15, 0.2) is 4.52 Å². The van der Waals surface area contributed by atoms with Crippen LogP contribution >= 0.6 is 0 Å². The molecule has 1 aliphatic carbocycles. The van der Waals surface area contributed by atoms with Crippen molar-refractivity contribution in [2.75, 3.05) is 0 Å². The standard InChI is InChI=1S/C15H24N6O/c1-13(2)6-8-15(5,9-7-13)12-16-10(19-22-12)14(3,4)11-17-20-21-18-11/h6-9H2,1-5H3,(H,17,18,20,21). The van der Waals surface area contributed by atoms with Crippen LogP contribution in [-0.4, -0.2) is 30.8 Å². The van der Waals surface area contributed by atoms with E-state index in [0.717, 1.165) is 18.7 Å². The molecule has 1 N–H and O–H groups in total. The fourth-order valence-corrected chi connectivity index (χ4v) is 2.94. The van der Waals surface area contributed by atoms with E-state index in [2.05, 4.69) is 51.5 Å². The molecule has 0 unspecified atom stereocenters. The van der Waals surface area contributed by atoms with Gasteiger partial charge in [-0.05, 0) is 44.9 Å². The first kappa shape index (κ1) is 15.1. The smallest absolute Gasteiger partial charge is 0.232 e. The first-order valence-electron chi connectivity index (χ1n) is 7.82. The lowest BCUT2D eigenvalue weighted by Gasteiger charge is -2.39. The van der Waals surface area contributed by atoms with Crippen molar-refractivity contribution in [3.8, 4) is 0 Å². The second kappa shape index (κ2) is 4.86. The zero-order valence-electron chi connectivity index (χ0n) is 14.0. The Morgan fingerprint density at radius 1 is 1.05 bits per heavy atom. The van der Waals surface area contributed by atoms with Gasteiger partial charge in [0.15, 0.2) is 11.6 Å². The molecule has 1 fully saturated rings. The van der Waals surface area contributed by atoms with Gasteiger partial charge < -0.3 is 4.52 Å². The summed E-state index contributed by atoms with van der Waals surface area (Å²) in [5, 5.41) is 18.4. The van der Waals surface area contributed by atoms with E-state index in [9.17, 15) is 0 Å². The molecule has 0 aliphatic heterocycles. The van der Waals surface area contributed by atoms with E-state index in [0.29, 0.717) is 17.1 Å². The first-order chi connectivity index (χ1) is 10.2. The Morgan fingerprint density at radius 2 is 1.73 bits per heavy atom. The van der Waals surface area contributed by atoms with E-state index in [-0.39, 0.29) is 5.41 Å². The Hall–Kier alpha value is -1.79. The molecule has 1 saturated carbocycles. The normalized spacial score (nSPS) is 21.0. The molecule has 0 amide bonds. The summed E-state index contributed by atoms with van der Waals surface area (Å²) in [6, 6.07) is 0. The number of aromatic nitrogens is 6. The number of hydrogen-bond acceptors (Lipinski definition) is 6. The maximum absolute atomic E-state index is 5.61. The average molecular weight is 304 g/mol. The lowest BCUT2D eigenvalue weighted by atomic mass is 9.66. The summed E-state index contributed by atoms with van der Waals surface area (Å²) in [5.74, 6) is 1.90. The van der Waals surface area contributed by atoms with Gasteiger partial charge in [0.05, 0.1) is 5.41 Å². The van der Waals surface area contributed by atoms with Crippen molar-refractivity contribution in [1.29, 1.82) is 0 Å². The third-order valence-electron chi connectivity index (χ3n) is 5.11. The molecular weight excluding hydrogens is 280 g/mol. The Kier molecular flexibility index (Phi) is 3.34. The van der Waals surface area contributed by atoms with Gasteiger partial charge in [0.25, 0.3) is 0 Å². The van der Waals surface area contributed by atoms with Gasteiger partial charge in [-0.15, -0.1) is 10.2 Å². The highest BCUT2D eigenvalue weighted by molar-refractivity contribution is 5.18. The van der Waals surface area contributed by atoms with E-state index in [1.807, 2.05) is 13.8 Å². The minimum atomic E-state index is -0.529. The van der Waals surface area contributed by atoms with Crippen LogP contribution in [0.5, 0.6) is 0 Å². The van der Waals surface area contributed by atoms with Crippen LogP contribution < -0.4 is 0 Å². The van der Waals surface area contributed by atoms with Crippen molar-refractivity contribution in [1.82, 2.24) is 30.8 Å². The number of nitrogens with one attached hydrogen (secondary N) is 1. The predicted molar refractivity (Wildman–Crippen MR) is 80.2 cm³/mol. The number of aromatic amines is 1. The summed E-state index contributed by atoms with van der Waals surface area (Å²) < 4.78 is 5.61. The first-order valence-corrected chi connectivity index (χ1v) is 7.82. The van der Waals surface area contributed by atoms with E-state index in [4.69, 9.17) is 4.52 Å². The fraction of sp³-hybridized carbons (Fsp3) is 0.800. The summed E-state index contributed by atoms with van der Waals surface area (Å²) in [4.78, 5) is 4.68. The Morgan fingerprint density at radius 3 is 2.32 bits per heavy atom. The Balaban J connectivity index is 1.85. The van der Waals surface area contributed by atoms with Crippen LogP contribution in [0.2, 0.25) is 0 Å². The van der Waals surface area contributed by atoms with E-state index in [1.165, 1.54) is 12.8 Å². The third-order valence-corrected chi connectivity index (χ3v) is 5.11. The maximum Gasteiger partial charge on any atom is 0.232 e. The molecule has 2 heterocycles. The molecular formula is C15H24N6O. The van der Waals surface area contributed by atoms with Gasteiger partial charge in [0.2, 0.25) is 5.89 Å². The van der Waals surface area contributed by atoms with Crippen molar-refractivity contribution in [3.63, 3.8) is 0 Å². The molecule has 22 heavy (non-hydrogen) atoms. The van der Waals surface area contributed by atoms with Crippen molar-refractivity contribution >= 4 is 0 Å². The van der Waals surface area contributed by atoms with Crippen LogP contribution in [0.25, 0.3) is 0 Å². The molecule has 0 atom stereocenters. The predicted octanol–water partition coefficient (Wildman–Crippen LogP) is 2.77. The molecule has 0 radical (unpaired) electrons. The zero-order valence-corrected chi connectivity index (χ0v) is 14.0. The van der Waals surface area contributed by atoms with Gasteiger partial charge in [-0.2, -0.15) is 10.2 Å². The van der Waals surface area contributed by atoms with E-state index in [1.54, 1.807) is 0 Å². The van der Waals surface area contributed by atoms with Crippen LogP contribution in [0, 0.1) is 5.41 Å². The maximum atomic E-state index is 5.61. The number of tetrazole rings is 1. The third kappa shape index (κ3) is 2.53. The van der Waals surface area contributed by atoms with Gasteiger partial charge >= 0.3 is 0 Å². The molecule has 7 heteroatoms. The monoisotopic (exact) mass is 304 g/mol. The molecule has 120 valence electrons. The number of rotatable bonds is 3. The molecule has 0 bridgehead atoms. The summed E-state index contributed by atoms with van der Waals surface area (Å²) in [6.07, 6.45) is 4.50. The summed E-state index contributed by atoms with van der Waals surface area (Å²) >= 11 is 0. The largest absolute Gasteiger partial charge is 0.339 e. The molecule has 0 spiro atoms. The minimum Gasteiger partial charge on any atom is -0.339 e. The molecule has 3 rings (SSSR count). The van der Waals surface area contributed by atoms with Crippen molar-refractivity contribution < 1.29 is 4.52 Å². The molecule has 2 aromatic heterocycles. The second-order valence-electron chi connectivity index (χ2n) is 8.01. The lowest BCUT2D eigenvalue weighted by molar-refractivity contribution is 0.144. The quantitative estimate of drug-likeness (QED) is 0.937. The fourth-order valence-electron chi connectivity index (χ4n) is 2.94. The summed E-state index contributed by atoms with van der Waals surface area (Å²) in [6.45, 7) is 10.8. The molecule has 2 aromatic rings. The zero-order chi connectivity index (χ0) is 16.0. The van der Waals surface area contributed by atoms with Crippen molar-refractivity contribution in [3.05, 3.63) is 17.5 Å².